The lowest BCUT2D eigenvalue weighted by molar-refractivity contribution is 0.283. The number of rotatable bonds is 2. The Hall–Kier alpha value is -0.660. The molecule has 4 unspecified atom stereocenters. The number of thioether (sulfide) groups is 1. The number of nitrogens with one attached hydrogen (secondary N) is 2. The lowest BCUT2D eigenvalue weighted by Crippen LogP contribution is -2.45. The highest BCUT2D eigenvalue weighted by molar-refractivity contribution is 8.14. The molecule has 7 heteroatoms. The predicted octanol–water partition coefficient (Wildman–Crippen LogP) is 2.81. The van der Waals surface area contributed by atoms with E-state index in [1.54, 1.807) is 11.8 Å². The summed E-state index contributed by atoms with van der Waals surface area (Å²) in [5, 5.41) is 22.7. The topological polar surface area (TPSA) is 87.7 Å². The SMILES string of the molecule is CC1CC(=N)SC(C2CCCC(c3nnc(N)s3)C2)N1. The van der Waals surface area contributed by atoms with E-state index in [1.807, 2.05) is 0 Å². The molecule has 0 spiro atoms. The van der Waals surface area contributed by atoms with Gasteiger partial charge in [-0.2, -0.15) is 0 Å². The van der Waals surface area contributed by atoms with Gasteiger partial charge in [-0.15, -0.1) is 10.2 Å². The maximum Gasteiger partial charge on any atom is 0.203 e. The summed E-state index contributed by atoms with van der Waals surface area (Å²) >= 11 is 3.24. The second-order valence-electron chi connectivity index (χ2n) is 5.84. The molecule has 1 aliphatic carbocycles. The zero-order chi connectivity index (χ0) is 14.1. The number of nitrogen functional groups attached to an aromatic ring is 1. The van der Waals surface area contributed by atoms with Crippen molar-refractivity contribution in [2.75, 3.05) is 5.73 Å². The molecule has 1 saturated heterocycles. The fourth-order valence-electron chi connectivity index (χ4n) is 3.22. The molecule has 1 aromatic heterocycles. The highest BCUT2D eigenvalue weighted by Gasteiger charge is 2.34. The molecule has 2 aliphatic rings. The second kappa shape index (κ2) is 5.99. The predicted molar refractivity (Wildman–Crippen MR) is 85.3 cm³/mol. The van der Waals surface area contributed by atoms with Crippen LogP contribution < -0.4 is 11.1 Å². The van der Waals surface area contributed by atoms with Crippen LogP contribution in [-0.4, -0.2) is 26.7 Å². The Morgan fingerprint density at radius 1 is 1.35 bits per heavy atom. The average Bonchev–Trinajstić information content (AvgIpc) is 2.85. The van der Waals surface area contributed by atoms with E-state index in [0.717, 1.165) is 22.9 Å². The number of anilines is 1. The summed E-state index contributed by atoms with van der Waals surface area (Å²) in [6.45, 7) is 2.17. The van der Waals surface area contributed by atoms with E-state index >= 15 is 0 Å². The van der Waals surface area contributed by atoms with Gasteiger partial charge in [-0.05, 0) is 32.1 Å². The lowest BCUT2D eigenvalue weighted by atomic mass is 9.81. The van der Waals surface area contributed by atoms with Gasteiger partial charge in [0.05, 0.1) is 10.4 Å². The minimum Gasteiger partial charge on any atom is -0.374 e. The Kier molecular flexibility index (Phi) is 4.28. The van der Waals surface area contributed by atoms with E-state index in [2.05, 4.69) is 22.4 Å². The largest absolute Gasteiger partial charge is 0.374 e. The third-order valence-corrected chi connectivity index (χ3v) is 6.30. The number of hydrogen-bond acceptors (Lipinski definition) is 7. The molecule has 4 N–H and O–H groups in total. The molecule has 1 aromatic rings. The van der Waals surface area contributed by atoms with E-state index in [1.165, 1.54) is 30.6 Å². The van der Waals surface area contributed by atoms with E-state index in [0.29, 0.717) is 28.4 Å². The molecule has 4 atom stereocenters. The minimum atomic E-state index is 0.388. The van der Waals surface area contributed by atoms with Gasteiger partial charge < -0.3 is 11.1 Å². The highest BCUT2D eigenvalue weighted by Crippen LogP contribution is 2.42. The number of nitrogens with two attached hydrogens (primary N) is 1. The molecular weight excluding hydrogens is 290 g/mol. The first-order chi connectivity index (χ1) is 9.61. The fourth-order valence-corrected chi connectivity index (χ4v) is 5.37. The van der Waals surface area contributed by atoms with E-state index in [-0.39, 0.29) is 0 Å². The Labute approximate surface area is 127 Å². The molecule has 1 saturated carbocycles. The molecule has 0 bridgehead atoms. The van der Waals surface area contributed by atoms with Crippen molar-refractivity contribution in [1.29, 1.82) is 5.41 Å². The molecular formula is C13H21N5S2. The summed E-state index contributed by atoms with van der Waals surface area (Å²) in [7, 11) is 0. The van der Waals surface area contributed by atoms with Gasteiger partial charge in [0.25, 0.3) is 0 Å². The smallest absolute Gasteiger partial charge is 0.203 e. The van der Waals surface area contributed by atoms with Crippen LogP contribution in [0.2, 0.25) is 0 Å². The third-order valence-electron chi connectivity index (χ3n) is 4.16. The van der Waals surface area contributed by atoms with Crippen LogP contribution in [0.25, 0.3) is 0 Å². The summed E-state index contributed by atoms with van der Waals surface area (Å²) in [6.07, 6.45) is 5.67. The van der Waals surface area contributed by atoms with Gasteiger partial charge in [0, 0.05) is 18.4 Å². The Bertz CT molecular complexity index is 489. The van der Waals surface area contributed by atoms with Crippen molar-refractivity contribution in [3.05, 3.63) is 5.01 Å². The van der Waals surface area contributed by atoms with Crippen molar-refractivity contribution in [2.45, 2.75) is 56.4 Å². The lowest BCUT2D eigenvalue weighted by Gasteiger charge is -2.38. The standard InChI is InChI=1S/C13H21N5S2/c1-7-5-10(14)19-11(16-7)8-3-2-4-9(6-8)12-17-18-13(15)20-12/h7-9,11,14,16H,2-6H2,1H3,(H2,15,18). The van der Waals surface area contributed by atoms with Gasteiger partial charge in [-0.1, -0.05) is 29.5 Å². The normalized spacial score (nSPS) is 35.1. The summed E-state index contributed by atoms with van der Waals surface area (Å²) < 4.78 is 0. The van der Waals surface area contributed by atoms with Crippen molar-refractivity contribution in [2.24, 2.45) is 5.92 Å². The molecule has 2 heterocycles. The summed E-state index contributed by atoms with van der Waals surface area (Å²) in [4.78, 5) is 0. The van der Waals surface area contributed by atoms with Gasteiger partial charge in [-0.25, -0.2) is 0 Å². The Morgan fingerprint density at radius 3 is 2.90 bits per heavy atom. The van der Waals surface area contributed by atoms with Crippen molar-refractivity contribution < 1.29 is 0 Å². The van der Waals surface area contributed by atoms with Crippen LogP contribution in [0.1, 0.15) is 50.0 Å². The third kappa shape index (κ3) is 3.15. The van der Waals surface area contributed by atoms with Crippen LogP contribution in [0.3, 0.4) is 0 Å². The summed E-state index contributed by atoms with van der Waals surface area (Å²) in [5.41, 5.74) is 5.70. The van der Waals surface area contributed by atoms with Crippen LogP contribution >= 0.6 is 23.1 Å². The van der Waals surface area contributed by atoms with Gasteiger partial charge in [0.15, 0.2) is 0 Å². The fraction of sp³-hybridized carbons (Fsp3) is 0.769. The molecule has 110 valence electrons. The first-order valence-electron chi connectivity index (χ1n) is 7.21. The summed E-state index contributed by atoms with van der Waals surface area (Å²) in [5.74, 6) is 1.12. The molecule has 1 aliphatic heterocycles. The second-order valence-corrected chi connectivity index (χ2v) is 8.11. The van der Waals surface area contributed by atoms with E-state index in [9.17, 15) is 0 Å². The van der Waals surface area contributed by atoms with Crippen molar-refractivity contribution in [3.8, 4) is 0 Å². The molecule has 0 amide bonds. The maximum atomic E-state index is 7.97. The van der Waals surface area contributed by atoms with Crippen molar-refractivity contribution in [3.63, 3.8) is 0 Å². The number of aromatic nitrogens is 2. The number of nitrogens with zero attached hydrogens (tertiary/aromatic N) is 2. The molecule has 0 aromatic carbocycles. The van der Waals surface area contributed by atoms with Crippen LogP contribution in [-0.2, 0) is 0 Å². The van der Waals surface area contributed by atoms with Gasteiger partial charge in [0.2, 0.25) is 5.13 Å². The van der Waals surface area contributed by atoms with Gasteiger partial charge >= 0.3 is 0 Å². The first-order valence-corrected chi connectivity index (χ1v) is 8.90. The van der Waals surface area contributed by atoms with Crippen LogP contribution in [0.15, 0.2) is 0 Å². The highest BCUT2D eigenvalue weighted by atomic mass is 32.2. The van der Waals surface area contributed by atoms with Gasteiger partial charge in [0.1, 0.15) is 5.01 Å². The van der Waals surface area contributed by atoms with Crippen molar-refractivity contribution in [1.82, 2.24) is 15.5 Å². The average molecular weight is 311 g/mol. The monoisotopic (exact) mass is 311 g/mol. The first kappa shape index (κ1) is 14.3. The van der Waals surface area contributed by atoms with E-state index in [4.69, 9.17) is 11.1 Å². The quantitative estimate of drug-likeness (QED) is 0.781. The molecule has 3 rings (SSSR count). The molecule has 2 fully saturated rings. The van der Waals surface area contributed by atoms with Crippen LogP contribution in [0, 0.1) is 11.3 Å². The molecule has 0 radical (unpaired) electrons. The zero-order valence-electron chi connectivity index (χ0n) is 11.6. The maximum absolute atomic E-state index is 7.97. The van der Waals surface area contributed by atoms with E-state index < -0.39 is 0 Å². The summed E-state index contributed by atoms with van der Waals surface area (Å²) in [6, 6.07) is 0.423. The van der Waals surface area contributed by atoms with Gasteiger partial charge in [-0.3, -0.25) is 5.41 Å². The zero-order valence-corrected chi connectivity index (χ0v) is 13.3. The Morgan fingerprint density at radius 2 is 2.20 bits per heavy atom. The minimum absolute atomic E-state index is 0.388. The van der Waals surface area contributed by atoms with Crippen LogP contribution in [0.5, 0.6) is 0 Å². The molecule has 20 heavy (non-hydrogen) atoms. The Balaban J connectivity index is 1.67. The molecule has 5 nitrogen and oxygen atoms in total. The van der Waals surface area contributed by atoms with Crippen molar-refractivity contribution >= 4 is 33.3 Å². The van der Waals surface area contributed by atoms with Crippen LogP contribution in [0.4, 0.5) is 5.13 Å². The number of hydrogen-bond donors (Lipinski definition) is 3.